The number of ether oxygens (including phenoxy) is 2. The minimum atomic E-state index is 0.150. The van der Waals surface area contributed by atoms with Gasteiger partial charge in [0.1, 0.15) is 0 Å². The van der Waals surface area contributed by atoms with Gasteiger partial charge >= 0.3 is 0 Å². The molecule has 0 bridgehead atoms. The number of phenols is 2. The molecule has 5 heteroatoms. The fourth-order valence-corrected chi connectivity index (χ4v) is 3.36. The van der Waals surface area contributed by atoms with E-state index in [-0.39, 0.29) is 17.5 Å². The van der Waals surface area contributed by atoms with Gasteiger partial charge < -0.3 is 19.7 Å². The number of hydrogen-bond donors (Lipinski definition) is 2. The highest BCUT2D eigenvalue weighted by atomic mass is 16.5. The Morgan fingerprint density at radius 1 is 1.04 bits per heavy atom. The Kier molecular flexibility index (Phi) is 4.53. The van der Waals surface area contributed by atoms with E-state index in [0.717, 1.165) is 36.1 Å². The fraction of sp³-hybridized carbons (Fsp3) is 0.368. The third-order valence-corrected chi connectivity index (χ3v) is 4.74. The summed E-state index contributed by atoms with van der Waals surface area (Å²) in [5, 5.41) is 20.0. The minimum Gasteiger partial charge on any atom is -0.504 e. The first-order chi connectivity index (χ1) is 11.5. The maximum Gasteiger partial charge on any atom is 0.160 e. The molecule has 5 nitrogen and oxygen atoms in total. The van der Waals surface area contributed by atoms with Crippen LogP contribution in [0.1, 0.15) is 22.7 Å². The lowest BCUT2D eigenvalue weighted by molar-refractivity contribution is 0.228. The quantitative estimate of drug-likeness (QED) is 0.903. The summed E-state index contributed by atoms with van der Waals surface area (Å²) in [6.07, 6.45) is 1.66. The van der Waals surface area contributed by atoms with Crippen molar-refractivity contribution in [3.8, 4) is 23.0 Å². The molecule has 0 aliphatic carbocycles. The summed E-state index contributed by atoms with van der Waals surface area (Å²) in [7, 11) is 5.19. The van der Waals surface area contributed by atoms with Gasteiger partial charge in [-0.1, -0.05) is 6.07 Å². The molecule has 128 valence electrons. The fourth-order valence-electron chi connectivity index (χ4n) is 3.36. The molecule has 2 aromatic rings. The first-order valence-electron chi connectivity index (χ1n) is 7.99. The van der Waals surface area contributed by atoms with Gasteiger partial charge in [0.05, 0.1) is 14.2 Å². The molecule has 0 fully saturated rings. The monoisotopic (exact) mass is 329 g/mol. The first-order valence-corrected chi connectivity index (χ1v) is 7.99. The Hall–Kier alpha value is -2.40. The lowest BCUT2D eigenvalue weighted by Gasteiger charge is -2.35. The van der Waals surface area contributed by atoms with Crippen molar-refractivity contribution in [2.75, 3.05) is 27.8 Å². The Balaban J connectivity index is 1.95. The Morgan fingerprint density at radius 2 is 1.75 bits per heavy atom. The molecule has 0 saturated carbocycles. The van der Waals surface area contributed by atoms with E-state index in [4.69, 9.17) is 9.47 Å². The predicted octanol–water partition coefficient (Wildman–Crippen LogP) is 2.89. The number of hydrogen-bond acceptors (Lipinski definition) is 5. The van der Waals surface area contributed by atoms with Crippen molar-refractivity contribution in [3.05, 3.63) is 47.0 Å². The molecule has 24 heavy (non-hydrogen) atoms. The Labute approximate surface area is 142 Å². The van der Waals surface area contributed by atoms with E-state index < -0.39 is 0 Å². The number of likely N-dealkylation sites (N-methyl/N-ethyl adjacent to an activating group) is 1. The highest BCUT2D eigenvalue weighted by Gasteiger charge is 2.27. The molecule has 1 heterocycles. The van der Waals surface area contributed by atoms with Gasteiger partial charge in [-0.25, -0.2) is 0 Å². The van der Waals surface area contributed by atoms with E-state index in [0.29, 0.717) is 11.5 Å². The average molecular weight is 329 g/mol. The second-order valence-electron chi connectivity index (χ2n) is 6.18. The highest BCUT2D eigenvalue weighted by molar-refractivity contribution is 5.49. The molecule has 2 N–H and O–H groups in total. The molecule has 1 aliphatic rings. The van der Waals surface area contributed by atoms with Crippen molar-refractivity contribution in [1.82, 2.24) is 4.90 Å². The molecule has 3 rings (SSSR count). The minimum absolute atomic E-state index is 0.150. The molecule has 0 amide bonds. The van der Waals surface area contributed by atoms with Gasteiger partial charge in [-0.15, -0.1) is 0 Å². The number of fused-ring (bicyclic) bond motifs is 1. The largest absolute Gasteiger partial charge is 0.504 e. The maximum atomic E-state index is 10.0. The summed E-state index contributed by atoms with van der Waals surface area (Å²) in [6, 6.07) is 9.40. The van der Waals surface area contributed by atoms with Gasteiger partial charge in [0.15, 0.2) is 23.0 Å². The number of nitrogens with zero attached hydrogens (tertiary/aromatic N) is 1. The number of rotatable bonds is 4. The Morgan fingerprint density at radius 3 is 2.42 bits per heavy atom. The van der Waals surface area contributed by atoms with Crippen LogP contribution in [0.15, 0.2) is 30.3 Å². The smallest absolute Gasteiger partial charge is 0.160 e. The Bertz CT molecular complexity index is 744. The molecule has 1 unspecified atom stereocenters. The molecular formula is C19H23NO4. The van der Waals surface area contributed by atoms with Crippen LogP contribution in [0, 0.1) is 0 Å². The maximum absolute atomic E-state index is 10.0. The normalized spacial score (nSPS) is 17.4. The lowest BCUT2D eigenvalue weighted by Crippen LogP contribution is -2.33. The van der Waals surface area contributed by atoms with Crippen LogP contribution in [0.3, 0.4) is 0 Å². The highest BCUT2D eigenvalue weighted by Crippen LogP contribution is 2.39. The summed E-state index contributed by atoms with van der Waals surface area (Å²) >= 11 is 0. The van der Waals surface area contributed by atoms with E-state index in [2.05, 4.69) is 11.9 Å². The number of benzene rings is 2. The van der Waals surface area contributed by atoms with Crippen LogP contribution >= 0.6 is 0 Å². The zero-order chi connectivity index (χ0) is 17.3. The topological polar surface area (TPSA) is 62.2 Å². The molecule has 1 aliphatic heterocycles. The summed E-state index contributed by atoms with van der Waals surface area (Å²) < 4.78 is 10.4. The first kappa shape index (κ1) is 16.5. The van der Waals surface area contributed by atoms with Crippen LogP contribution in [0.2, 0.25) is 0 Å². The van der Waals surface area contributed by atoms with Crippen molar-refractivity contribution in [2.24, 2.45) is 0 Å². The van der Waals surface area contributed by atoms with Crippen LogP contribution < -0.4 is 9.47 Å². The molecular weight excluding hydrogens is 306 g/mol. The molecule has 0 spiro atoms. The average Bonchev–Trinajstić information content (AvgIpc) is 2.57. The van der Waals surface area contributed by atoms with Crippen LogP contribution in [0.4, 0.5) is 0 Å². The molecule has 0 aromatic heterocycles. The van der Waals surface area contributed by atoms with Gasteiger partial charge in [-0.05, 0) is 60.8 Å². The SMILES string of the molecule is COc1ccc(CC2c3cc(OC)c(O)cc3CCN2C)cc1O. The summed E-state index contributed by atoms with van der Waals surface area (Å²) in [4.78, 5) is 2.29. The number of methoxy groups -OCH3 is 2. The van der Waals surface area contributed by atoms with Crippen LogP contribution in [0.25, 0.3) is 0 Å². The standard InChI is InChI=1S/C19H23NO4/c1-20-7-6-13-10-17(22)19(24-3)11-14(13)15(20)8-12-4-5-18(23-2)16(21)9-12/h4-5,9-11,15,21-22H,6-8H2,1-3H3. The van der Waals surface area contributed by atoms with Crippen LogP contribution in [-0.2, 0) is 12.8 Å². The molecule has 0 radical (unpaired) electrons. The summed E-state index contributed by atoms with van der Waals surface area (Å²) in [5.41, 5.74) is 3.34. The molecule has 1 atom stereocenters. The van der Waals surface area contributed by atoms with E-state index >= 15 is 0 Å². The van der Waals surface area contributed by atoms with E-state index in [1.54, 1.807) is 32.4 Å². The van der Waals surface area contributed by atoms with Crippen molar-refractivity contribution in [3.63, 3.8) is 0 Å². The third-order valence-electron chi connectivity index (χ3n) is 4.74. The second-order valence-corrected chi connectivity index (χ2v) is 6.18. The van der Waals surface area contributed by atoms with E-state index in [1.165, 1.54) is 0 Å². The predicted molar refractivity (Wildman–Crippen MR) is 92.1 cm³/mol. The van der Waals surface area contributed by atoms with E-state index in [9.17, 15) is 10.2 Å². The van der Waals surface area contributed by atoms with Crippen LogP contribution in [0.5, 0.6) is 23.0 Å². The lowest BCUT2D eigenvalue weighted by atomic mass is 9.88. The van der Waals surface area contributed by atoms with Crippen molar-refractivity contribution in [2.45, 2.75) is 18.9 Å². The zero-order valence-electron chi connectivity index (χ0n) is 14.2. The molecule has 0 saturated heterocycles. The number of phenolic OH excluding ortho intramolecular Hbond substituents is 2. The summed E-state index contributed by atoms with van der Waals surface area (Å²) in [6.45, 7) is 0.922. The van der Waals surface area contributed by atoms with Crippen molar-refractivity contribution < 1.29 is 19.7 Å². The van der Waals surface area contributed by atoms with Crippen LogP contribution in [-0.4, -0.2) is 42.9 Å². The third kappa shape index (κ3) is 2.99. The van der Waals surface area contributed by atoms with Gasteiger partial charge in [-0.2, -0.15) is 0 Å². The van der Waals surface area contributed by atoms with Gasteiger partial charge in [-0.3, -0.25) is 4.90 Å². The van der Waals surface area contributed by atoms with Crippen molar-refractivity contribution in [1.29, 1.82) is 0 Å². The van der Waals surface area contributed by atoms with Gasteiger partial charge in [0.25, 0.3) is 0 Å². The molecule has 2 aromatic carbocycles. The second kappa shape index (κ2) is 6.61. The van der Waals surface area contributed by atoms with Gasteiger partial charge in [0, 0.05) is 12.6 Å². The van der Waals surface area contributed by atoms with E-state index in [1.807, 2.05) is 12.1 Å². The zero-order valence-corrected chi connectivity index (χ0v) is 14.2. The summed E-state index contributed by atoms with van der Waals surface area (Å²) in [5.74, 6) is 1.30. The van der Waals surface area contributed by atoms with Crippen molar-refractivity contribution >= 4 is 0 Å². The van der Waals surface area contributed by atoms with Gasteiger partial charge in [0.2, 0.25) is 0 Å². The number of aromatic hydroxyl groups is 2.